The van der Waals surface area contributed by atoms with E-state index >= 15 is 0 Å². The van der Waals surface area contributed by atoms with Gasteiger partial charge in [0.15, 0.2) is 0 Å². The van der Waals surface area contributed by atoms with Crippen LogP contribution in [-0.2, 0) is 22.0 Å². The fourth-order valence-corrected chi connectivity index (χ4v) is 1.98. The lowest BCUT2D eigenvalue weighted by Gasteiger charge is -2.19. The highest BCUT2D eigenvalue weighted by atomic mass is 16.5. The minimum absolute atomic E-state index is 0.137. The summed E-state index contributed by atoms with van der Waals surface area (Å²) in [6.07, 6.45) is 1.70. The highest BCUT2D eigenvalue weighted by Crippen LogP contribution is 2.30. The van der Waals surface area contributed by atoms with Gasteiger partial charge in [0.2, 0.25) is 0 Å². The van der Waals surface area contributed by atoms with E-state index in [9.17, 15) is 9.90 Å². The maximum Gasteiger partial charge on any atom is 0.305 e. The van der Waals surface area contributed by atoms with E-state index < -0.39 is 6.10 Å². The first-order valence-corrected chi connectivity index (χ1v) is 6.63. The number of carbonyl (C=O) groups excluding carboxylic acids is 1. The zero-order valence-corrected chi connectivity index (χ0v) is 12.4. The van der Waals surface area contributed by atoms with Crippen molar-refractivity contribution in [3.8, 4) is 0 Å². The molecule has 1 aromatic heterocycles. The summed E-state index contributed by atoms with van der Waals surface area (Å²) in [7, 11) is 1.83. The molecule has 0 fully saturated rings. The molecule has 1 aromatic rings. The Hall–Kier alpha value is -1.36. The van der Waals surface area contributed by atoms with Crippen LogP contribution in [0.1, 0.15) is 57.9 Å². The molecule has 1 rings (SSSR count). The molecular weight excluding hydrogens is 244 g/mol. The molecule has 5 nitrogen and oxygen atoms in total. The van der Waals surface area contributed by atoms with E-state index in [0.717, 1.165) is 11.3 Å². The Morgan fingerprint density at radius 2 is 2.16 bits per heavy atom. The van der Waals surface area contributed by atoms with Crippen molar-refractivity contribution in [3.63, 3.8) is 0 Å². The van der Waals surface area contributed by atoms with Gasteiger partial charge < -0.3 is 9.84 Å². The normalized spacial score (nSPS) is 13.4. The highest BCUT2D eigenvalue weighted by molar-refractivity contribution is 5.69. The van der Waals surface area contributed by atoms with E-state index in [1.54, 1.807) is 11.6 Å². The Balaban J connectivity index is 2.77. The second kappa shape index (κ2) is 6.19. The van der Waals surface area contributed by atoms with Crippen molar-refractivity contribution < 1.29 is 14.6 Å². The van der Waals surface area contributed by atoms with Crippen molar-refractivity contribution in [3.05, 3.63) is 17.5 Å². The van der Waals surface area contributed by atoms with Crippen molar-refractivity contribution in [2.75, 3.05) is 6.61 Å². The van der Waals surface area contributed by atoms with E-state index in [-0.39, 0.29) is 17.8 Å². The molecule has 0 aliphatic rings. The van der Waals surface area contributed by atoms with Crippen LogP contribution in [-0.4, -0.2) is 27.5 Å². The molecule has 0 amide bonds. The van der Waals surface area contributed by atoms with Crippen LogP contribution in [0.2, 0.25) is 0 Å². The third kappa shape index (κ3) is 4.35. The predicted octanol–water partition coefficient (Wildman–Crippen LogP) is 2.09. The van der Waals surface area contributed by atoms with E-state index in [0.29, 0.717) is 13.0 Å². The SMILES string of the molecule is CCOC(=O)CCC(O)c1cn(C)nc1C(C)(C)C. The Morgan fingerprint density at radius 1 is 1.53 bits per heavy atom. The summed E-state index contributed by atoms with van der Waals surface area (Å²) in [6, 6.07) is 0. The first-order chi connectivity index (χ1) is 8.75. The first kappa shape index (κ1) is 15.7. The van der Waals surface area contributed by atoms with Gasteiger partial charge in [-0.25, -0.2) is 0 Å². The summed E-state index contributed by atoms with van der Waals surface area (Å²) in [5, 5.41) is 14.6. The standard InChI is InChI=1S/C14H24N2O3/c1-6-19-12(18)8-7-11(17)10-9-16(5)15-13(10)14(2,3)4/h9,11,17H,6-8H2,1-5H3. The number of hydrogen-bond acceptors (Lipinski definition) is 4. The number of nitrogens with zero attached hydrogens (tertiary/aromatic N) is 2. The maximum atomic E-state index is 11.3. The van der Waals surface area contributed by atoms with Crippen LogP contribution >= 0.6 is 0 Å². The maximum absolute atomic E-state index is 11.3. The molecule has 19 heavy (non-hydrogen) atoms. The molecule has 1 heterocycles. The van der Waals surface area contributed by atoms with Gasteiger partial charge in [0, 0.05) is 30.6 Å². The Bertz CT molecular complexity index is 432. The lowest BCUT2D eigenvalue weighted by atomic mass is 9.87. The molecule has 0 aliphatic heterocycles. The molecule has 0 radical (unpaired) electrons. The van der Waals surface area contributed by atoms with Gasteiger partial charge in [0.1, 0.15) is 0 Å². The molecule has 0 saturated carbocycles. The van der Waals surface area contributed by atoms with Crippen LogP contribution in [0, 0.1) is 0 Å². The molecule has 0 spiro atoms. The number of aliphatic hydroxyl groups is 1. The van der Waals surface area contributed by atoms with Gasteiger partial charge >= 0.3 is 5.97 Å². The van der Waals surface area contributed by atoms with E-state index in [1.807, 2.05) is 13.2 Å². The average molecular weight is 268 g/mol. The fourth-order valence-electron chi connectivity index (χ4n) is 1.98. The number of esters is 1. The topological polar surface area (TPSA) is 64.3 Å². The van der Waals surface area contributed by atoms with Crippen molar-refractivity contribution in [2.45, 2.75) is 52.1 Å². The van der Waals surface area contributed by atoms with Crippen LogP contribution in [0.5, 0.6) is 0 Å². The van der Waals surface area contributed by atoms with Gasteiger partial charge in [0.05, 0.1) is 18.4 Å². The molecule has 1 atom stereocenters. The lowest BCUT2D eigenvalue weighted by Crippen LogP contribution is -2.16. The van der Waals surface area contributed by atoms with Crippen molar-refractivity contribution >= 4 is 5.97 Å². The van der Waals surface area contributed by atoms with E-state index in [4.69, 9.17) is 4.74 Å². The fraction of sp³-hybridized carbons (Fsp3) is 0.714. The molecule has 0 aliphatic carbocycles. The quantitative estimate of drug-likeness (QED) is 0.831. The van der Waals surface area contributed by atoms with E-state index in [2.05, 4.69) is 25.9 Å². The number of aryl methyl sites for hydroxylation is 1. The monoisotopic (exact) mass is 268 g/mol. The number of ether oxygens (including phenoxy) is 1. The second-order valence-electron chi connectivity index (χ2n) is 5.72. The Morgan fingerprint density at radius 3 is 2.68 bits per heavy atom. The molecule has 0 saturated heterocycles. The minimum atomic E-state index is -0.688. The molecule has 0 aromatic carbocycles. The van der Waals surface area contributed by atoms with Crippen molar-refractivity contribution in [1.82, 2.24) is 9.78 Å². The smallest absolute Gasteiger partial charge is 0.305 e. The molecule has 0 bridgehead atoms. The van der Waals surface area contributed by atoms with Crippen LogP contribution in [0.3, 0.4) is 0 Å². The van der Waals surface area contributed by atoms with Gasteiger partial charge in [0.25, 0.3) is 0 Å². The van der Waals surface area contributed by atoms with Gasteiger partial charge in [-0.3, -0.25) is 9.48 Å². The Kier molecular flexibility index (Phi) is 5.11. The predicted molar refractivity (Wildman–Crippen MR) is 72.7 cm³/mol. The van der Waals surface area contributed by atoms with Gasteiger partial charge in [-0.15, -0.1) is 0 Å². The summed E-state index contributed by atoms with van der Waals surface area (Å²) in [5.41, 5.74) is 1.52. The summed E-state index contributed by atoms with van der Waals surface area (Å²) in [5.74, 6) is -0.275. The van der Waals surface area contributed by atoms with Gasteiger partial charge in [-0.2, -0.15) is 5.10 Å². The summed E-state index contributed by atoms with van der Waals surface area (Å²) < 4.78 is 6.56. The number of hydrogen-bond donors (Lipinski definition) is 1. The third-order valence-corrected chi connectivity index (χ3v) is 2.85. The number of aliphatic hydroxyl groups excluding tert-OH is 1. The van der Waals surface area contributed by atoms with Crippen molar-refractivity contribution in [2.24, 2.45) is 7.05 Å². The van der Waals surface area contributed by atoms with Crippen LogP contribution in [0.15, 0.2) is 6.20 Å². The molecule has 1 unspecified atom stereocenters. The van der Waals surface area contributed by atoms with Crippen LogP contribution in [0.25, 0.3) is 0 Å². The van der Waals surface area contributed by atoms with Gasteiger partial charge in [-0.1, -0.05) is 20.8 Å². The zero-order chi connectivity index (χ0) is 14.6. The van der Waals surface area contributed by atoms with Crippen molar-refractivity contribution in [1.29, 1.82) is 0 Å². The minimum Gasteiger partial charge on any atom is -0.466 e. The van der Waals surface area contributed by atoms with Gasteiger partial charge in [-0.05, 0) is 13.3 Å². The van der Waals surface area contributed by atoms with Crippen LogP contribution in [0.4, 0.5) is 0 Å². The molecule has 1 N–H and O–H groups in total. The molecule has 108 valence electrons. The lowest BCUT2D eigenvalue weighted by molar-refractivity contribution is -0.143. The second-order valence-corrected chi connectivity index (χ2v) is 5.72. The molecule has 5 heteroatoms. The van der Waals surface area contributed by atoms with Crippen LogP contribution < -0.4 is 0 Å². The summed E-state index contributed by atoms with van der Waals surface area (Å²) in [4.78, 5) is 11.3. The first-order valence-electron chi connectivity index (χ1n) is 6.63. The largest absolute Gasteiger partial charge is 0.466 e. The molecular formula is C14H24N2O3. The summed E-state index contributed by atoms with van der Waals surface area (Å²) in [6.45, 7) is 8.30. The number of aromatic nitrogens is 2. The number of carbonyl (C=O) groups is 1. The number of rotatable bonds is 5. The van der Waals surface area contributed by atoms with E-state index in [1.165, 1.54) is 0 Å². The highest BCUT2D eigenvalue weighted by Gasteiger charge is 2.25. The zero-order valence-electron chi connectivity index (χ0n) is 12.4. The third-order valence-electron chi connectivity index (χ3n) is 2.85. The Labute approximate surface area is 114 Å². The summed E-state index contributed by atoms with van der Waals surface area (Å²) >= 11 is 0. The average Bonchev–Trinajstić information content (AvgIpc) is 2.68.